The van der Waals surface area contributed by atoms with E-state index in [2.05, 4.69) is 30.2 Å². The molecule has 0 spiro atoms. The highest BCUT2D eigenvalue weighted by Crippen LogP contribution is 2.27. The van der Waals surface area contributed by atoms with Crippen molar-refractivity contribution in [1.82, 2.24) is 24.8 Å². The lowest BCUT2D eigenvalue weighted by molar-refractivity contribution is 0.0970. The second-order valence-corrected chi connectivity index (χ2v) is 9.22. The largest absolute Gasteiger partial charge is 0.348 e. The van der Waals surface area contributed by atoms with Crippen LogP contribution < -0.4 is 5.32 Å². The number of aromatic nitrogens is 4. The van der Waals surface area contributed by atoms with E-state index in [0.29, 0.717) is 29.3 Å². The summed E-state index contributed by atoms with van der Waals surface area (Å²) in [4.78, 5) is 32.9. The summed E-state index contributed by atoms with van der Waals surface area (Å²) in [7, 11) is 0. The molecule has 0 saturated carbocycles. The highest BCUT2D eigenvalue weighted by atomic mass is 32.1. The molecule has 4 heterocycles. The maximum Gasteiger partial charge on any atom is 0.225 e. The summed E-state index contributed by atoms with van der Waals surface area (Å²) < 4.78 is 14.2. The fourth-order valence-corrected chi connectivity index (χ4v) is 4.75. The van der Waals surface area contributed by atoms with Crippen molar-refractivity contribution in [3.63, 3.8) is 0 Å². The number of likely N-dealkylation sites (tertiary alicyclic amines) is 1. The number of hydrogen-bond acceptors (Lipinski definition) is 8. The van der Waals surface area contributed by atoms with Crippen LogP contribution in [0.25, 0.3) is 10.3 Å². The third-order valence-corrected chi connectivity index (χ3v) is 6.49. The number of halogens is 1. The molecule has 0 radical (unpaired) electrons. The zero-order valence-electron chi connectivity index (χ0n) is 17.9. The first-order valence-corrected chi connectivity index (χ1v) is 11.6. The summed E-state index contributed by atoms with van der Waals surface area (Å²) in [5.74, 6) is -0.0765. The predicted molar refractivity (Wildman–Crippen MR) is 120 cm³/mol. The van der Waals surface area contributed by atoms with Gasteiger partial charge in [-0.1, -0.05) is 6.42 Å². The molecule has 1 saturated heterocycles. The SMILES string of the molecule is Cc1nc2nc(N[C@@H](C)c3cncc(F)c3)nc(C(=O)CCCN3CCCCC3)c2s1. The van der Waals surface area contributed by atoms with E-state index in [4.69, 9.17) is 0 Å². The molecule has 31 heavy (non-hydrogen) atoms. The van der Waals surface area contributed by atoms with Gasteiger partial charge in [-0.05, 0) is 64.4 Å². The third kappa shape index (κ3) is 5.40. The smallest absolute Gasteiger partial charge is 0.225 e. The molecule has 0 aliphatic carbocycles. The zero-order valence-corrected chi connectivity index (χ0v) is 18.7. The maximum atomic E-state index is 13.5. The van der Waals surface area contributed by atoms with Gasteiger partial charge in [-0.25, -0.2) is 14.4 Å². The number of rotatable bonds is 8. The predicted octanol–water partition coefficient (Wildman–Crippen LogP) is 4.55. The number of carbonyl (C=O) groups is 1. The Morgan fingerprint density at radius 1 is 1.23 bits per heavy atom. The molecule has 1 fully saturated rings. The average molecular weight is 443 g/mol. The van der Waals surface area contributed by atoms with Crippen LogP contribution in [0.2, 0.25) is 0 Å². The summed E-state index contributed by atoms with van der Waals surface area (Å²) in [5.41, 5.74) is 1.61. The van der Waals surface area contributed by atoms with Crippen LogP contribution in [0.5, 0.6) is 0 Å². The number of pyridine rings is 1. The Bertz CT molecular complexity index is 1070. The average Bonchev–Trinajstić information content (AvgIpc) is 3.13. The fourth-order valence-electron chi connectivity index (χ4n) is 3.89. The Kier molecular flexibility index (Phi) is 6.82. The van der Waals surface area contributed by atoms with Crippen LogP contribution in [0.1, 0.15) is 66.1 Å². The second kappa shape index (κ2) is 9.74. The molecule has 164 valence electrons. The fraction of sp³-hybridized carbons (Fsp3) is 0.500. The van der Waals surface area contributed by atoms with Gasteiger partial charge in [0.05, 0.1) is 17.2 Å². The van der Waals surface area contributed by atoms with Crippen LogP contribution in [0.3, 0.4) is 0 Å². The number of fused-ring (bicyclic) bond motifs is 1. The van der Waals surface area contributed by atoms with E-state index in [1.54, 1.807) is 6.20 Å². The number of aryl methyl sites for hydroxylation is 1. The van der Waals surface area contributed by atoms with E-state index in [1.807, 2.05) is 13.8 Å². The topological polar surface area (TPSA) is 83.9 Å². The van der Waals surface area contributed by atoms with Gasteiger partial charge < -0.3 is 10.2 Å². The zero-order chi connectivity index (χ0) is 21.8. The number of ketones is 1. The van der Waals surface area contributed by atoms with Crippen molar-refractivity contribution in [3.8, 4) is 0 Å². The molecule has 0 bridgehead atoms. The molecule has 1 aliphatic rings. The molecule has 1 atom stereocenters. The first-order valence-electron chi connectivity index (χ1n) is 10.8. The molecule has 0 amide bonds. The molecule has 3 aromatic rings. The first kappa shape index (κ1) is 21.7. The minimum atomic E-state index is -0.401. The minimum absolute atomic E-state index is 0.0104. The van der Waals surface area contributed by atoms with Gasteiger partial charge in [0, 0.05) is 12.6 Å². The monoisotopic (exact) mass is 442 g/mol. The van der Waals surface area contributed by atoms with E-state index in [1.165, 1.54) is 36.7 Å². The Morgan fingerprint density at radius 2 is 2.03 bits per heavy atom. The summed E-state index contributed by atoms with van der Waals surface area (Å²) in [5, 5.41) is 4.00. The van der Waals surface area contributed by atoms with Gasteiger partial charge in [-0.15, -0.1) is 11.3 Å². The number of hydrogen-bond donors (Lipinski definition) is 1. The summed E-state index contributed by atoms with van der Waals surface area (Å²) in [6.45, 7) is 6.96. The van der Waals surface area contributed by atoms with Crippen molar-refractivity contribution in [2.45, 2.75) is 52.0 Å². The van der Waals surface area contributed by atoms with Crippen LogP contribution in [-0.2, 0) is 0 Å². The van der Waals surface area contributed by atoms with E-state index in [0.717, 1.165) is 42.0 Å². The third-order valence-electron chi connectivity index (χ3n) is 5.52. The number of nitrogens with one attached hydrogen (secondary N) is 1. The molecule has 3 aromatic heterocycles. The first-order chi connectivity index (χ1) is 15.0. The lowest BCUT2D eigenvalue weighted by atomic mass is 10.1. The molecule has 9 heteroatoms. The summed E-state index contributed by atoms with van der Waals surface area (Å²) in [6, 6.07) is 1.14. The normalized spacial score (nSPS) is 15.8. The highest BCUT2D eigenvalue weighted by molar-refractivity contribution is 7.18. The van der Waals surface area contributed by atoms with Gasteiger partial charge in [0.1, 0.15) is 16.2 Å². The van der Waals surface area contributed by atoms with Crippen molar-refractivity contribution >= 4 is 33.4 Å². The molecular formula is C22H27FN6OS. The Balaban J connectivity index is 1.50. The van der Waals surface area contributed by atoms with Crippen molar-refractivity contribution in [2.75, 3.05) is 25.0 Å². The number of piperidine rings is 1. The molecule has 1 N–H and O–H groups in total. The molecule has 1 aliphatic heterocycles. The van der Waals surface area contributed by atoms with Crippen LogP contribution in [-0.4, -0.2) is 50.3 Å². The van der Waals surface area contributed by atoms with Crippen LogP contribution in [0.4, 0.5) is 10.3 Å². The minimum Gasteiger partial charge on any atom is -0.348 e. The number of Topliss-reactive ketones (excluding diaryl/α,β-unsaturated/α-hetero) is 1. The van der Waals surface area contributed by atoms with Crippen LogP contribution in [0.15, 0.2) is 18.5 Å². The van der Waals surface area contributed by atoms with Gasteiger partial charge in [0.2, 0.25) is 5.95 Å². The highest BCUT2D eigenvalue weighted by Gasteiger charge is 2.20. The van der Waals surface area contributed by atoms with E-state index >= 15 is 0 Å². The Labute approximate surface area is 185 Å². The molecule has 0 unspecified atom stereocenters. The summed E-state index contributed by atoms with van der Waals surface area (Å²) in [6.07, 6.45) is 7.82. The number of anilines is 1. The van der Waals surface area contributed by atoms with Gasteiger partial charge in [0.15, 0.2) is 11.4 Å². The summed E-state index contributed by atoms with van der Waals surface area (Å²) >= 11 is 1.44. The standard InChI is InChI=1S/C22H27FN6OS/c1-14(16-11-17(23)13-24-12-16)25-22-27-19(20-21(28-22)26-15(2)31-20)18(30)7-6-10-29-8-4-3-5-9-29/h11-14H,3-10H2,1-2H3,(H,25,27,28)/t14-/m0/s1. The molecule has 4 rings (SSSR count). The van der Waals surface area contributed by atoms with E-state index in [-0.39, 0.29) is 11.8 Å². The van der Waals surface area contributed by atoms with E-state index in [9.17, 15) is 9.18 Å². The number of carbonyl (C=O) groups excluding carboxylic acids is 1. The maximum absolute atomic E-state index is 13.5. The van der Waals surface area contributed by atoms with Crippen molar-refractivity contribution in [2.24, 2.45) is 0 Å². The van der Waals surface area contributed by atoms with Gasteiger partial charge in [-0.2, -0.15) is 4.98 Å². The Hall–Kier alpha value is -2.52. The molecule has 0 aromatic carbocycles. The molecular weight excluding hydrogens is 415 g/mol. The van der Waals surface area contributed by atoms with Gasteiger partial charge >= 0.3 is 0 Å². The van der Waals surface area contributed by atoms with Crippen molar-refractivity contribution in [1.29, 1.82) is 0 Å². The number of nitrogens with zero attached hydrogens (tertiary/aromatic N) is 5. The van der Waals surface area contributed by atoms with Crippen LogP contribution >= 0.6 is 11.3 Å². The lowest BCUT2D eigenvalue weighted by Crippen LogP contribution is -2.30. The second-order valence-electron chi connectivity index (χ2n) is 8.01. The lowest BCUT2D eigenvalue weighted by Gasteiger charge is -2.26. The van der Waals surface area contributed by atoms with E-state index < -0.39 is 5.82 Å². The van der Waals surface area contributed by atoms with Crippen LogP contribution in [0, 0.1) is 12.7 Å². The Morgan fingerprint density at radius 3 is 2.81 bits per heavy atom. The van der Waals surface area contributed by atoms with Gasteiger partial charge in [0.25, 0.3) is 0 Å². The number of thiazole rings is 1. The quantitative estimate of drug-likeness (QED) is 0.512. The van der Waals surface area contributed by atoms with Gasteiger partial charge in [-0.3, -0.25) is 9.78 Å². The van der Waals surface area contributed by atoms with Crippen molar-refractivity contribution < 1.29 is 9.18 Å². The van der Waals surface area contributed by atoms with Crippen molar-refractivity contribution in [3.05, 3.63) is 40.5 Å². The molecule has 7 nitrogen and oxygen atoms in total.